The van der Waals surface area contributed by atoms with Gasteiger partial charge >= 0.3 is 22.1 Å². The Morgan fingerprint density at radius 1 is 1.12 bits per heavy atom. The van der Waals surface area contributed by atoms with Gasteiger partial charge in [-0.05, 0) is 20.4 Å². The summed E-state index contributed by atoms with van der Waals surface area (Å²) in [6.45, 7) is -3.90. The fourth-order valence-electron chi connectivity index (χ4n) is 0.777. The monoisotopic (exact) mass is 314 g/mol. The van der Waals surface area contributed by atoms with Crippen LogP contribution in [0.1, 0.15) is 0 Å². The first-order valence-electron chi connectivity index (χ1n) is 3.98. The fourth-order valence-corrected chi connectivity index (χ4v) is 10.9. The molecule has 1 aliphatic heterocycles. The molecule has 0 aromatic rings. The van der Waals surface area contributed by atoms with Gasteiger partial charge in [-0.3, -0.25) is 0 Å². The Morgan fingerprint density at radius 2 is 1.69 bits per heavy atom. The third-order valence-electron chi connectivity index (χ3n) is 1.64. The summed E-state index contributed by atoms with van der Waals surface area (Å²) in [5.74, 6) is 0. The third-order valence-corrected chi connectivity index (χ3v) is 11.6. The summed E-state index contributed by atoms with van der Waals surface area (Å²) in [5, 5.41) is 0. The fraction of sp³-hybridized carbons (Fsp3) is 1.00. The van der Waals surface area contributed by atoms with Gasteiger partial charge in [0.15, 0.2) is 0 Å². The molecule has 0 fully saturated rings. The summed E-state index contributed by atoms with van der Waals surface area (Å²) in [6, 6.07) is 0. The van der Waals surface area contributed by atoms with Crippen LogP contribution in [0.3, 0.4) is 0 Å². The van der Waals surface area contributed by atoms with Crippen molar-refractivity contribution in [1.82, 2.24) is 4.67 Å². The zero-order valence-corrected chi connectivity index (χ0v) is 12.6. The highest BCUT2D eigenvalue weighted by atomic mass is 32.7. The van der Waals surface area contributed by atoms with Crippen LogP contribution >= 0.6 is 33.5 Å². The van der Waals surface area contributed by atoms with E-state index in [4.69, 9.17) is 0 Å². The van der Waals surface area contributed by atoms with E-state index in [1.807, 2.05) is 0 Å². The third kappa shape index (κ3) is 2.95. The quantitative estimate of drug-likeness (QED) is 0.663. The zero-order chi connectivity index (χ0) is 12.6. The van der Waals surface area contributed by atoms with E-state index >= 15 is 0 Å². The second kappa shape index (κ2) is 4.79. The van der Waals surface area contributed by atoms with Crippen molar-refractivity contribution in [2.45, 2.75) is 0 Å². The molecule has 0 aromatic heterocycles. The van der Waals surface area contributed by atoms with Crippen LogP contribution < -0.4 is 0 Å². The van der Waals surface area contributed by atoms with Gasteiger partial charge in [0, 0.05) is 7.11 Å². The second-order valence-corrected chi connectivity index (χ2v) is 12.0. The van der Waals surface area contributed by atoms with Crippen molar-refractivity contribution >= 4 is 33.5 Å². The van der Waals surface area contributed by atoms with Crippen LogP contribution in [-0.4, -0.2) is 32.1 Å². The van der Waals surface area contributed by atoms with Crippen LogP contribution in [0.15, 0.2) is 13.5 Å². The van der Waals surface area contributed by atoms with Crippen molar-refractivity contribution in [3.05, 3.63) is 0 Å². The Bertz CT molecular complexity index is 442. The lowest BCUT2D eigenvalue weighted by Gasteiger charge is -2.25. The summed E-state index contributed by atoms with van der Waals surface area (Å²) in [5.41, 5.74) is 0. The van der Waals surface area contributed by atoms with Crippen LogP contribution in [-0.2, 0) is 4.52 Å². The smallest absolute Gasteiger partial charge is 0.307 e. The predicted octanol–water partition coefficient (Wildman–Crippen LogP) is 5.32. The first kappa shape index (κ1) is 14.8. The molecule has 3 atom stereocenters. The van der Waals surface area contributed by atoms with Crippen molar-refractivity contribution < 1.29 is 17.1 Å². The molecule has 1 heterocycles. The van der Waals surface area contributed by atoms with Gasteiger partial charge < -0.3 is 4.52 Å². The summed E-state index contributed by atoms with van der Waals surface area (Å²) in [4.78, 5) is 0. The Kier molecular flexibility index (Phi) is 4.43. The second-order valence-electron chi connectivity index (χ2n) is 2.92. The molecule has 0 saturated heterocycles. The maximum absolute atomic E-state index is 14.2. The molecule has 3 unspecified atom stereocenters. The first-order valence-corrected chi connectivity index (χ1v) is 10.4. The first-order chi connectivity index (χ1) is 7.19. The lowest BCUT2D eigenvalue weighted by atomic mass is 11.3. The van der Waals surface area contributed by atoms with Gasteiger partial charge in [0.25, 0.3) is 0 Å². The summed E-state index contributed by atoms with van der Waals surface area (Å²) in [6.07, 6.45) is 1.37. The van der Waals surface area contributed by atoms with Gasteiger partial charge in [-0.15, -0.1) is 9.03 Å². The Labute approximate surface area is 96.7 Å². The van der Waals surface area contributed by atoms with Crippen LogP contribution in [0.25, 0.3) is 0 Å². The molecule has 0 radical (unpaired) electrons. The van der Waals surface area contributed by atoms with E-state index in [0.29, 0.717) is 11.4 Å². The summed E-state index contributed by atoms with van der Waals surface area (Å²) < 4.78 is 57.3. The Morgan fingerprint density at radius 3 is 2.06 bits per heavy atom. The molecule has 12 heteroatoms. The highest BCUT2D eigenvalue weighted by molar-refractivity contribution is 8.57. The van der Waals surface area contributed by atoms with E-state index in [1.165, 1.54) is 20.4 Å². The largest absolute Gasteiger partial charge is 0.385 e. The molecular weight excluding hydrogens is 302 g/mol. The molecule has 0 amide bonds. The van der Waals surface area contributed by atoms with Crippen molar-refractivity contribution in [1.29, 1.82) is 0 Å². The zero-order valence-electron chi connectivity index (χ0n) is 9.08. The molecule has 0 saturated carbocycles. The molecule has 1 aliphatic rings. The normalized spacial score (nSPS) is 43.5. The minimum Gasteiger partial charge on any atom is -0.307 e. The van der Waals surface area contributed by atoms with Gasteiger partial charge in [-0.2, -0.15) is 17.1 Å². The van der Waals surface area contributed by atoms with Gasteiger partial charge in [0.1, 0.15) is 0 Å². The molecule has 0 aliphatic carbocycles. The van der Waals surface area contributed by atoms with E-state index in [-0.39, 0.29) is 0 Å². The highest BCUT2D eigenvalue weighted by Crippen LogP contribution is 2.84. The molecule has 5 nitrogen and oxygen atoms in total. The van der Waals surface area contributed by atoms with E-state index in [1.54, 1.807) is 0 Å². The molecule has 96 valence electrons. The van der Waals surface area contributed by atoms with Crippen molar-refractivity contribution in [2.75, 3.05) is 27.5 Å². The molecule has 16 heavy (non-hydrogen) atoms. The van der Waals surface area contributed by atoms with Crippen LogP contribution in [0.4, 0.5) is 12.6 Å². The van der Waals surface area contributed by atoms with Crippen LogP contribution in [0, 0.1) is 0 Å². The molecule has 0 aromatic carbocycles. The molecule has 0 spiro atoms. The highest BCUT2D eigenvalue weighted by Gasteiger charge is 2.39. The predicted molar refractivity (Wildman–Crippen MR) is 65.6 cm³/mol. The van der Waals surface area contributed by atoms with Gasteiger partial charge in [0.05, 0.1) is 0 Å². The lowest BCUT2D eigenvalue weighted by molar-refractivity contribution is 0.420. The topological polar surface area (TPSA) is 49.6 Å². The van der Waals surface area contributed by atoms with E-state index in [9.17, 15) is 12.6 Å². The minimum absolute atomic E-state index is 0.605. The van der Waals surface area contributed by atoms with Crippen molar-refractivity contribution in [2.24, 2.45) is 13.5 Å². The molecule has 0 N–H and O–H groups in total. The Hall–Kier alpha value is 0.750. The van der Waals surface area contributed by atoms with E-state index in [2.05, 4.69) is 18.1 Å². The number of nitrogens with zero attached hydrogens (tertiary/aromatic N) is 4. The number of halogens is 3. The molecule has 1 rings (SSSR count). The van der Waals surface area contributed by atoms with Crippen LogP contribution in [0.5, 0.6) is 0 Å². The maximum Gasteiger partial charge on any atom is 0.385 e. The number of hydrogen-bond donors (Lipinski definition) is 0. The molecule has 0 bridgehead atoms. The van der Waals surface area contributed by atoms with Gasteiger partial charge in [-0.1, -0.05) is 11.4 Å². The SMILES string of the molecule is COP1(F)=NP(F)(SC)=NP(F)(N(C)C)=N1. The van der Waals surface area contributed by atoms with Crippen molar-refractivity contribution in [3.63, 3.8) is 0 Å². The lowest BCUT2D eigenvalue weighted by Crippen LogP contribution is -2.04. The van der Waals surface area contributed by atoms with Gasteiger partial charge in [0.2, 0.25) is 0 Å². The summed E-state index contributed by atoms with van der Waals surface area (Å²) >= 11 is 0.605. The number of rotatable bonds is 3. The van der Waals surface area contributed by atoms with E-state index in [0.717, 1.165) is 11.8 Å². The summed E-state index contributed by atoms with van der Waals surface area (Å²) in [7, 11) is -4.58. The molecular formula is C4H12F3N4OP3S. The van der Waals surface area contributed by atoms with Gasteiger partial charge in [-0.25, -0.2) is 4.67 Å². The maximum atomic E-state index is 14.2. The minimum atomic E-state index is -4.22. The standard InChI is InChI=1S/C4H12F3N4OP3S/c1-11(2)13(5)8-14(6,12-3)10-15(7,9-13)16-4/h1-4H3. The van der Waals surface area contributed by atoms with E-state index < -0.39 is 22.1 Å². The average Bonchev–Trinajstić information content (AvgIpc) is 2.16. The van der Waals surface area contributed by atoms with Crippen molar-refractivity contribution in [3.8, 4) is 0 Å². The Balaban J connectivity index is 3.53. The average molecular weight is 314 g/mol. The van der Waals surface area contributed by atoms with Crippen LogP contribution in [0.2, 0.25) is 0 Å². The number of hydrogen-bond acceptors (Lipinski definition) is 6.